The van der Waals surface area contributed by atoms with Gasteiger partial charge in [-0.1, -0.05) is 25.1 Å². The molecule has 0 saturated carbocycles. The number of sulfonamides is 1. The number of carboxylic acid groups (broad SMARTS) is 1. The molecule has 5 atom stereocenters. The number of carbonyl (C=O) groups excluding carboxylic acids is 8. The third kappa shape index (κ3) is 27.2. The van der Waals surface area contributed by atoms with E-state index >= 15 is 4.39 Å². The number of nitrogens with zero attached hydrogens (tertiary/aromatic N) is 4. The van der Waals surface area contributed by atoms with Crippen molar-refractivity contribution in [2.75, 3.05) is 105 Å². The molecular formula is C69H85F2N15O18S2. The van der Waals surface area contributed by atoms with Crippen LogP contribution in [0.4, 0.5) is 57.5 Å². The zero-order chi connectivity index (χ0) is 76.9. The maximum Gasteiger partial charge on any atom is 0.319 e. The number of anilines is 6. The number of nitrogens with one attached hydrogen (secondary N) is 10. The third-order valence-corrected chi connectivity index (χ3v) is 18.2. The van der Waals surface area contributed by atoms with Crippen molar-refractivity contribution in [1.82, 2.24) is 41.5 Å². The van der Waals surface area contributed by atoms with E-state index in [2.05, 4.69) is 66.9 Å². The Morgan fingerprint density at radius 3 is 2.05 bits per heavy atom. The van der Waals surface area contributed by atoms with Gasteiger partial charge < -0.3 is 87.3 Å². The number of ether oxygens (including phenoxy) is 5. The van der Waals surface area contributed by atoms with Crippen LogP contribution in [0.15, 0.2) is 125 Å². The summed E-state index contributed by atoms with van der Waals surface area (Å²) >= 11 is 0. The Bertz CT molecular complexity index is 4360. The molecule has 2 heterocycles. The van der Waals surface area contributed by atoms with E-state index in [4.69, 9.17) is 29.4 Å². The number of urea groups is 3. The molecule has 0 aliphatic carbocycles. The summed E-state index contributed by atoms with van der Waals surface area (Å²) in [4.78, 5) is 124. The number of primary amides is 1. The maximum atomic E-state index is 15.1. The largest absolute Gasteiger partial charge is 0.494 e. The van der Waals surface area contributed by atoms with E-state index in [0.717, 1.165) is 23.2 Å². The topological polar surface area (TPSA) is 459 Å². The molecule has 4 bridgehead atoms. The van der Waals surface area contributed by atoms with Crippen molar-refractivity contribution < 1.29 is 93.3 Å². The first-order valence-electron chi connectivity index (χ1n) is 33.4. The molecule has 1 aliphatic rings. The monoisotopic (exact) mass is 1510 g/mol. The van der Waals surface area contributed by atoms with Gasteiger partial charge in [-0.2, -0.15) is 4.36 Å². The number of rotatable bonds is 34. The number of hydrogen-bond donors (Lipinski definition) is 12. The minimum Gasteiger partial charge on any atom is -0.494 e. The average Bonchev–Trinajstić information content (AvgIpc) is 0.941. The van der Waals surface area contributed by atoms with Crippen LogP contribution in [-0.4, -0.2) is 184 Å². The van der Waals surface area contributed by atoms with Gasteiger partial charge in [0.25, 0.3) is 15.9 Å². The Labute approximate surface area is 610 Å². The summed E-state index contributed by atoms with van der Waals surface area (Å²) in [6, 6.07) is 19.0. The van der Waals surface area contributed by atoms with E-state index in [9.17, 15) is 65.3 Å². The van der Waals surface area contributed by atoms with Crippen molar-refractivity contribution in [2.24, 2.45) is 10.1 Å². The molecule has 6 aromatic rings. The van der Waals surface area contributed by atoms with Crippen LogP contribution in [0.5, 0.6) is 11.5 Å². The summed E-state index contributed by atoms with van der Waals surface area (Å²) in [5, 5.41) is 33.3. The van der Waals surface area contributed by atoms with Crippen molar-refractivity contribution in [3.05, 3.63) is 138 Å². The minimum absolute atomic E-state index is 0.0255. The number of benzene rings is 5. The lowest BCUT2D eigenvalue weighted by Gasteiger charge is -2.28. The Hall–Kier alpha value is -11.2. The van der Waals surface area contributed by atoms with Crippen molar-refractivity contribution in [3.63, 3.8) is 0 Å². The van der Waals surface area contributed by atoms with E-state index in [1.165, 1.54) is 106 Å². The van der Waals surface area contributed by atoms with Crippen LogP contribution in [0.3, 0.4) is 0 Å². The van der Waals surface area contributed by atoms with Gasteiger partial charge in [0.2, 0.25) is 29.6 Å². The summed E-state index contributed by atoms with van der Waals surface area (Å²) in [7, 11) is -6.30. The molecule has 0 fully saturated rings. The molecule has 11 amide bonds. The maximum absolute atomic E-state index is 15.1. The number of carbonyl (C=O) groups is 9. The highest BCUT2D eigenvalue weighted by Gasteiger charge is 2.31. The van der Waals surface area contributed by atoms with E-state index < -0.39 is 122 Å². The first-order valence-corrected chi connectivity index (χ1v) is 36.9. The van der Waals surface area contributed by atoms with Crippen molar-refractivity contribution in [1.29, 1.82) is 0 Å². The Balaban J connectivity index is 0.744. The number of likely N-dealkylation sites (N-methyl/N-ethyl adjacent to an activating group) is 1. The fourth-order valence-electron chi connectivity index (χ4n) is 10.1. The highest BCUT2D eigenvalue weighted by atomic mass is 32.2. The predicted octanol–water partition coefficient (Wildman–Crippen LogP) is 6.48. The van der Waals surface area contributed by atoms with Gasteiger partial charge in [-0.25, -0.2) is 45.8 Å². The summed E-state index contributed by atoms with van der Waals surface area (Å²) in [5.41, 5.74) is 7.59. The highest BCUT2D eigenvalue weighted by Crippen LogP contribution is 2.34. The zero-order valence-corrected chi connectivity index (χ0v) is 60.3. The van der Waals surface area contributed by atoms with Crippen LogP contribution in [0.25, 0.3) is 11.3 Å². The molecule has 7 rings (SSSR count). The number of fused-ring (bicyclic) bond motifs is 6. The van der Waals surface area contributed by atoms with Crippen LogP contribution in [-0.2, 0) is 68.5 Å². The lowest BCUT2D eigenvalue weighted by molar-refractivity contribution is -0.141. The molecule has 106 heavy (non-hydrogen) atoms. The molecule has 37 heteroatoms. The number of nitrogens with two attached hydrogens (primary N) is 1. The predicted molar refractivity (Wildman–Crippen MR) is 387 cm³/mol. The van der Waals surface area contributed by atoms with Crippen LogP contribution < -0.4 is 67.8 Å². The average molecular weight is 1510 g/mol. The van der Waals surface area contributed by atoms with E-state index in [0.29, 0.717) is 54.2 Å². The second kappa shape index (κ2) is 40.2. The molecule has 13 N–H and O–H groups in total. The van der Waals surface area contributed by atoms with Gasteiger partial charge in [-0.15, -0.1) is 0 Å². The second-order valence-corrected chi connectivity index (χ2v) is 28.1. The van der Waals surface area contributed by atoms with Crippen LogP contribution in [0.1, 0.15) is 76.5 Å². The molecule has 0 unspecified atom stereocenters. The smallest absolute Gasteiger partial charge is 0.319 e. The first-order chi connectivity index (χ1) is 50.5. The number of amides is 11. The summed E-state index contributed by atoms with van der Waals surface area (Å²) in [6.07, 6.45) is 2.38. The van der Waals surface area contributed by atoms with Gasteiger partial charge in [-0.05, 0) is 123 Å². The van der Waals surface area contributed by atoms with Crippen LogP contribution >= 0.6 is 0 Å². The van der Waals surface area contributed by atoms with Gasteiger partial charge in [0.05, 0.1) is 98.3 Å². The molecule has 0 spiro atoms. The Kier molecular flexibility index (Phi) is 31.2. The van der Waals surface area contributed by atoms with Gasteiger partial charge in [0.1, 0.15) is 41.1 Å². The van der Waals surface area contributed by atoms with Gasteiger partial charge in [0, 0.05) is 78.9 Å². The Morgan fingerprint density at radius 2 is 1.36 bits per heavy atom. The van der Waals surface area contributed by atoms with E-state index in [1.807, 2.05) is 6.92 Å². The van der Waals surface area contributed by atoms with Crippen molar-refractivity contribution in [2.45, 2.75) is 94.1 Å². The summed E-state index contributed by atoms with van der Waals surface area (Å²) in [5.74, 6) is -6.82. The molecule has 0 saturated heterocycles. The summed E-state index contributed by atoms with van der Waals surface area (Å²) in [6.45, 7) is 6.31. The lowest BCUT2D eigenvalue weighted by atomic mass is 10.0. The normalized spacial score (nSPS) is 13.6. The number of aromatic nitrogens is 2. The SMILES string of the molecule is CCCNC(=O)Nc1cccc(S(=O)(=O)Nc2cccc([C@@H](CC(=O)O)NC(=O)Nc3ccc(NC(=O)NCCOCCOCCOCCC(=O)N[C@@H](C)C(=O)N(C)[C@@H](C)C(=O)N[C@@H](CC(=O)N=[S@@](C)(=O)Cc4cc5cc(c4)OCCCCOc4cc(F)ccc4-c4nc(ncc4F)N5)C(N)=O)cc3)c2)c1. The molecule has 0 radical (unpaired) electrons. The standard InChI is InChI=1S/C69H85F2N15O18S2/c1-6-22-73-67(94)80-49-12-10-14-53(37-49)106(98,99)84-50-13-9-11-45(34-50)56(39-61(89)90)82-69(96)79-48-18-16-47(17-19-48)78-68(95)74-23-27-101-29-31-102-30-28-100-26-21-59(87)76-42(2)65(93)86(4)43(3)64(92)81-57(63(72)91)38-60(88)85-105(5,97)41-44-32-51-36-52(33-44)103-24-7-8-25-104-58-35-46(70)15-20-54(58)62-55(71)40-75-66(77-51)83-62/h9-20,32-37,40,42-43,56-57,84H,6-8,21-31,38-39,41H2,1-5H3,(H2,72,91)(H,76,87)(H,81,92)(H,89,90)(H2,73,80,94)(H2,74,78,95)(H,75,77,83)(H2,79,82,96)/t42-,43-,56+,57-,105-/m0/s1. The quantitative estimate of drug-likeness (QED) is 0.0192. The zero-order valence-electron chi connectivity index (χ0n) is 58.6. The van der Waals surface area contributed by atoms with Crippen molar-refractivity contribution >= 4 is 108 Å². The third-order valence-electron chi connectivity index (χ3n) is 15.4. The molecule has 570 valence electrons. The number of aliphatic carboxylic acids is 1. The summed E-state index contributed by atoms with van der Waals surface area (Å²) < 4.78 is 105. The van der Waals surface area contributed by atoms with E-state index in [-0.39, 0.29) is 116 Å². The molecule has 5 aromatic carbocycles. The molecular weight excluding hydrogens is 1430 g/mol. The fourth-order valence-corrected chi connectivity index (χ4v) is 12.5. The number of carboxylic acids is 1. The van der Waals surface area contributed by atoms with Crippen molar-refractivity contribution in [3.8, 4) is 22.8 Å². The lowest BCUT2D eigenvalue weighted by Crippen LogP contribution is -2.55. The minimum atomic E-state index is -4.19. The molecule has 1 aromatic heterocycles. The fraction of sp³-hybridized carbons (Fsp3) is 0.377. The number of halogens is 2. The highest BCUT2D eigenvalue weighted by molar-refractivity contribution is 7.93. The van der Waals surface area contributed by atoms with Crippen LogP contribution in [0.2, 0.25) is 0 Å². The van der Waals surface area contributed by atoms with Crippen LogP contribution in [0, 0.1) is 11.6 Å². The number of hydrogen-bond acceptors (Lipinski definition) is 20. The van der Waals surface area contributed by atoms with E-state index in [1.54, 1.807) is 18.2 Å². The Morgan fingerprint density at radius 1 is 0.717 bits per heavy atom. The van der Waals surface area contributed by atoms with Gasteiger partial charge in [-0.3, -0.25) is 33.5 Å². The van der Waals surface area contributed by atoms with Gasteiger partial charge >= 0.3 is 24.1 Å². The second-order valence-electron chi connectivity index (χ2n) is 24.0. The molecule has 1 aliphatic heterocycles. The molecule has 33 nitrogen and oxygen atoms in total. The first kappa shape index (κ1) is 82.1. The van der Waals surface area contributed by atoms with Gasteiger partial charge in [0.15, 0.2) is 5.82 Å².